The minimum atomic E-state index is 0.153. The summed E-state index contributed by atoms with van der Waals surface area (Å²) in [5.41, 5.74) is 0.562. The minimum absolute atomic E-state index is 0.153. The van der Waals surface area contributed by atoms with E-state index in [0.29, 0.717) is 11.3 Å². The zero-order valence-corrected chi connectivity index (χ0v) is 14.4. The van der Waals surface area contributed by atoms with Gasteiger partial charge in [-0.15, -0.1) is 22.9 Å². The lowest BCUT2D eigenvalue weighted by Gasteiger charge is -2.28. The van der Waals surface area contributed by atoms with Crippen LogP contribution in [-0.2, 0) is 5.41 Å². The molecular weight excluding hydrogens is 260 g/mol. The van der Waals surface area contributed by atoms with Gasteiger partial charge in [0.25, 0.3) is 0 Å². The minimum Gasteiger partial charge on any atom is -0.143 e. The van der Waals surface area contributed by atoms with Gasteiger partial charge in [-0.1, -0.05) is 48.5 Å². The van der Waals surface area contributed by atoms with E-state index in [4.69, 9.17) is 11.6 Å². The van der Waals surface area contributed by atoms with Gasteiger partial charge in [-0.25, -0.2) is 0 Å². The second-order valence-electron chi connectivity index (χ2n) is 7.42. The third-order valence-electron chi connectivity index (χ3n) is 3.71. The Morgan fingerprint density at radius 1 is 1.11 bits per heavy atom. The molecule has 0 N–H and O–H groups in total. The van der Waals surface area contributed by atoms with Crippen molar-refractivity contribution in [1.82, 2.24) is 0 Å². The standard InChI is InChI=1S/C16H27ClS/c1-11(15(2,3)4)10-12(17)13-8-9-14(18-13)16(5,6)7/h8-9,11-12H,10H2,1-7H3. The van der Waals surface area contributed by atoms with Crippen LogP contribution >= 0.6 is 22.9 Å². The Morgan fingerprint density at radius 2 is 1.67 bits per heavy atom. The molecule has 0 spiro atoms. The van der Waals surface area contributed by atoms with Gasteiger partial charge in [0.2, 0.25) is 0 Å². The molecular formula is C16H27ClS. The van der Waals surface area contributed by atoms with Gasteiger partial charge in [-0.2, -0.15) is 0 Å². The van der Waals surface area contributed by atoms with Crippen LogP contribution in [0, 0.1) is 11.3 Å². The van der Waals surface area contributed by atoms with Crippen molar-refractivity contribution in [3.05, 3.63) is 21.9 Å². The Morgan fingerprint density at radius 3 is 2.06 bits per heavy atom. The fraction of sp³-hybridized carbons (Fsp3) is 0.750. The van der Waals surface area contributed by atoms with Gasteiger partial charge in [0, 0.05) is 9.75 Å². The Balaban J connectivity index is 2.74. The van der Waals surface area contributed by atoms with Crippen LogP contribution in [0.3, 0.4) is 0 Å². The van der Waals surface area contributed by atoms with E-state index in [-0.39, 0.29) is 10.8 Å². The summed E-state index contributed by atoms with van der Waals surface area (Å²) in [4.78, 5) is 2.74. The van der Waals surface area contributed by atoms with E-state index in [1.54, 1.807) is 0 Å². The molecule has 0 nitrogen and oxygen atoms in total. The Bertz CT molecular complexity index is 379. The quantitative estimate of drug-likeness (QED) is 0.564. The fourth-order valence-electron chi connectivity index (χ4n) is 1.70. The summed E-state index contributed by atoms with van der Waals surface area (Å²) in [6.45, 7) is 15.9. The van der Waals surface area contributed by atoms with E-state index in [0.717, 1.165) is 6.42 Å². The van der Waals surface area contributed by atoms with E-state index in [9.17, 15) is 0 Å². The summed E-state index contributed by atoms with van der Waals surface area (Å²) < 4.78 is 0. The maximum Gasteiger partial charge on any atom is 0.0681 e. The van der Waals surface area contributed by atoms with E-state index in [2.05, 4.69) is 60.6 Å². The molecule has 104 valence electrons. The molecule has 0 fully saturated rings. The summed E-state index contributed by atoms with van der Waals surface area (Å²) in [6.07, 6.45) is 1.05. The van der Waals surface area contributed by atoms with Gasteiger partial charge < -0.3 is 0 Å². The molecule has 2 atom stereocenters. The van der Waals surface area contributed by atoms with Gasteiger partial charge >= 0.3 is 0 Å². The Hall–Kier alpha value is -0.0100. The molecule has 0 saturated carbocycles. The predicted molar refractivity (Wildman–Crippen MR) is 84.8 cm³/mol. The third-order valence-corrected chi connectivity index (χ3v) is 5.88. The lowest BCUT2D eigenvalue weighted by atomic mass is 9.79. The number of alkyl halides is 1. The molecule has 0 aliphatic rings. The second-order valence-corrected chi connectivity index (χ2v) is 9.06. The number of hydrogen-bond donors (Lipinski definition) is 0. The van der Waals surface area contributed by atoms with Crippen LogP contribution in [0.4, 0.5) is 0 Å². The summed E-state index contributed by atoms with van der Waals surface area (Å²) in [5.74, 6) is 0.625. The van der Waals surface area contributed by atoms with Gasteiger partial charge in [0.05, 0.1) is 5.38 Å². The first-order valence-corrected chi connectivity index (χ1v) is 8.01. The van der Waals surface area contributed by atoms with Crippen LogP contribution in [0.15, 0.2) is 12.1 Å². The van der Waals surface area contributed by atoms with Crippen molar-refractivity contribution in [2.24, 2.45) is 11.3 Å². The highest BCUT2D eigenvalue weighted by atomic mass is 35.5. The SMILES string of the molecule is CC(CC(Cl)c1ccc(C(C)(C)C)s1)C(C)(C)C. The Labute approximate surface area is 122 Å². The number of halogens is 1. The molecule has 2 unspecified atom stereocenters. The molecule has 0 bridgehead atoms. The lowest BCUT2D eigenvalue weighted by Crippen LogP contribution is -2.18. The average Bonchev–Trinajstić information content (AvgIpc) is 2.63. The van der Waals surface area contributed by atoms with Crippen molar-refractivity contribution < 1.29 is 0 Å². The van der Waals surface area contributed by atoms with Crippen LogP contribution in [0.25, 0.3) is 0 Å². The number of rotatable bonds is 3. The lowest BCUT2D eigenvalue weighted by molar-refractivity contribution is 0.245. The zero-order chi connectivity index (χ0) is 14.1. The molecule has 1 heterocycles. The van der Waals surface area contributed by atoms with E-state index < -0.39 is 0 Å². The van der Waals surface area contributed by atoms with Crippen molar-refractivity contribution in [2.45, 2.75) is 65.7 Å². The van der Waals surface area contributed by atoms with Gasteiger partial charge in [-0.3, -0.25) is 0 Å². The molecule has 1 aromatic heterocycles. The van der Waals surface area contributed by atoms with Crippen molar-refractivity contribution in [1.29, 1.82) is 0 Å². The average molecular weight is 287 g/mol. The second kappa shape index (κ2) is 5.54. The van der Waals surface area contributed by atoms with Gasteiger partial charge in [-0.05, 0) is 35.3 Å². The zero-order valence-electron chi connectivity index (χ0n) is 12.8. The first kappa shape index (κ1) is 16.0. The van der Waals surface area contributed by atoms with E-state index in [1.807, 2.05) is 11.3 Å². The maximum absolute atomic E-state index is 6.58. The normalized spacial score (nSPS) is 16.7. The van der Waals surface area contributed by atoms with E-state index in [1.165, 1.54) is 9.75 Å². The Kier molecular flexibility index (Phi) is 4.94. The van der Waals surface area contributed by atoms with Crippen molar-refractivity contribution in [3.63, 3.8) is 0 Å². The summed E-state index contributed by atoms with van der Waals surface area (Å²) >= 11 is 8.45. The van der Waals surface area contributed by atoms with E-state index >= 15 is 0 Å². The highest BCUT2D eigenvalue weighted by molar-refractivity contribution is 7.12. The highest BCUT2D eigenvalue weighted by Gasteiger charge is 2.25. The molecule has 0 amide bonds. The third kappa shape index (κ3) is 4.28. The topological polar surface area (TPSA) is 0 Å². The maximum atomic E-state index is 6.58. The number of hydrogen-bond acceptors (Lipinski definition) is 1. The molecule has 2 heteroatoms. The van der Waals surface area contributed by atoms with Crippen LogP contribution in [0.2, 0.25) is 0 Å². The monoisotopic (exact) mass is 286 g/mol. The molecule has 0 aliphatic carbocycles. The van der Waals surface area contributed by atoms with Crippen molar-refractivity contribution >= 4 is 22.9 Å². The van der Waals surface area contributed by atoms with Crippen molar-refractivity contribution in [3.8, 4) is 0 Å². The summed E-state index contributed by atoms with van der Waals surface area (Å²) in [6, 6.07) is 4.44. The van der Waals surface area contributed by atoms with Crippen LogP contribution < -0.4 is 0 Å². The number of thiophene rings is 1. The first-order valence-electron chi connectivity index (χ1n) is 6.76. The van der Waals surface area contributed by atoms with Crippen molar-refractivity contribution in [2.75, 3.05) is 0 Å². The largest absolute Gasteiger partial charge is 0.143 e. The highest BCUT2D eigenvalue weighted by Crippen LogP contribution is 2.40. The molecule has 18 heavy (non-hydrogen) atoms. The predicted octanol–water partition coefficient (Wildman–Crippen LogP) is 6.40. The molecule has 0 aliphatic heterocycles. The van der Waals surface area contributed by atoms with Gasteiger partial charge in [0.15, 0.2) is 0 Å². The molecule has 1 aromatic rings. The molecule has 0 saturated heterocycles. The smallest absolute Gasteiger partial charge is 0.0681 e. The van der Waals surface area contributed by atoms with Crippen LogP contribution in [-0.4, -0.2) is 0 Å². The van der Waals surface area contributed by atoms with Crippen LogP contribution in [0.1, 0.15) is 70.0 Å². The fourth-order valence-corrected chi connectivity index (χ4v) is 3.23. The molecule has 1 rings (SSSR count). The summed E-state index contributed by atoms with van der Waals surface area (Å²) in [5, 5.41) is 0.153. The van der Waals surface area contributed by atoms with Crippen LogP contribution in [0.5, 0.6) is 0 Å². The molecule has 0 radical (unpaired) electrons. The van der Waals surface area contributed by atoms with Gasteiger partial charge in [0.1, 0.15) is 0 Å². The summed E-state index contributed by atoms with van der Waals surface area (Å²) in [7, 11) is 0. The first-order chi connectivity index (χ1) is 8.01. The molecule has 0 aromatic carbocycles.